The third-order valence-corrected chi connectivity index (χ3v) is 2.78. The molecule has 0 aliphatic heterocycles. The Bertz CT molecular complexity index is 567. The maximum atomic E-state index is 11.0. The Balaban J connectivity index is 0.00000200. The van der Waals surface area contributed by atoms with Gasteiger partial charge in [-0.05, 0) is 30.2 Å². The Labute approximate surface area is 124 Å². The Hall–Kier alpha value is -2.00. The number of carboxylic acids is 1. The van der Waals surface area contributed by atoms with Gasteiger partial charge in [0.25, 0.3) is 0 Å². The quantitative estimate of drug-likeness (QED) is 0.895. The highest BCUT2D eigenvalue weighted by molar-refractivity contribution is 5.89. The van der Waals surface area contributed by atoms with Crippen molar-refractivity contribution in [2.24, 2.45) is 0 Å². The van der Waals surface area contributed by atoms with E-state index in [1.165, 1.54) is 0 Å². The van der Waals surface area contributed by atoms with Gasteiger partial charge in [0.2, 0.25) is 0 Å². The van der Waals surface area contributed by atoms with E-state index in [4.69, 9.17) is 9.84 Å². The Morgan fingerprint density at radius 3 is 2.45 bits per heavy atom. The van der Waals surface area contributed by atoms with E-state index in [1.54, 1.807) is 18.2 Å². The highest BCUT2D eigenvalue weighted by atomic mass is 35.5. The van der Waals surface area contributed by atoms with E-state index in [2.05, 4.69) is 0 Å². The third-order valence-electron chi connectivity index (χ3n) is 2.78. The van der Waals surface area contributed by atoms with Crippen molar-refractivity contribution in [1.29, 1.82) is 0 Å². The van der Waals surface area contributed by atoms with Crippen LogP contribution in [0, 0.1) is 0 Å². The van der Waals surface area contributed by atoms with Crippen LogP contribution < -0.4 is 4.74 Å². The Morgan fingerprint density at radius 1 is 1.15 bits per heavy atom. The molecule has 0 amide bonds. The average Bonchev–Trinajstić information content (AvgIpc) is 2.45. The van der Waals surface area contributed by atoms with E-state index < -0.39 is 5.97 Å². The van der Waals surface area contributed by atoms with Crippen LogP contribution in [0.5, 0.6) is 5.75 Å². The number of hydrogen-bond acceptors (Lipinski definition) is 2. The normalized spacial score (nSPS) is 9.65. The maximum absolute atomic E-state index is 11.0. The lowest BCUT2D eigenvalue weighted by Gasteiger charge is -2.12. The smallest absolute Gasteiger partial charge is 0.335 e. The molecule has 2 aromatic rings. The Kier molecular flexibility index (Phi) is 6.07. The van der Waals surface area contributed by atoms with Crippen molar-refractivity contribution in [3.8, 4) is 16.9 Å². The molecular weight excluding hydrogens is 276 g/mol. The summed E-state index contributed by atoms with van der Waals surface area (Å²) in [5.74, 6) is -0.325. The summed E-state index contributed by atoms with van der Waals surface area (Å²) in [7, 11) is 0. The molecule has 0 fully saturated rings. The van der Waals surface area contributed by atoms with Crippen LogP contribution in [0.2, 0.25) is 0 Å². The predicted molar refractivity (Wildman–Crippen MR) is 81.9 cm³/mol. The summed E-state index contributed by atoms with van der Waals surface area (Å²) in [5.41, 5.74) is 2.18. The number of hydrogen-bond donors (Lipinski definition) is 1. The maximum Gasteiger partial charge on any atom is 0.335 e. The molecule has 0 radical (unpaired) electrons. The zero-order valence-corrected chi connectivity index (χ0v) is 12.0. The number of ether oxygens (including phenoxy) is 1. The molecule has 106 valence electrons. The van der Waals surface area contributed by atoms with Gasteiger partial charge in [-0.2, -0.15) is 0 Å². The highest BCUT2D eigenvalue weighted by Crippen LogP contribution is 2.31. The minimum absolute atomic E-state index is 0. The molecule has 20 heavy (non-hydrogen) atoms. The lowest BCUT2D eigenvalue weighted by molar-refractivity contribution is 0.0696. The predicted octanol–water partition coefficient (Wildman–Crippen LogP) is 4.26. The largest absolute Gasteiger partial charge is 0.493 e. The van der Waals surface area contributed by atoms with Gasteiger partial charge in [0.15, 0.2) is 0 Å². The van der Waals surface area contributed by atoms with Crippen molar-refractivity contribution >= 4 is 18.4 Å². The second-order valence-corrected chi connectivity index (χ2v) is 4.23. The van der Waals surface area contributed by atoms with Crippen molar-refractivity contribution in [2.75, 3.05) is 6.61 Å². The molecule has 0 aliphatic carbocycles. The van der Waals surface area contributed by atoms with Crippen LogP contribution in [0.1, 0.15) is 23.7 Å². The van der Waals surface area contributed by atoms with Crippen molar-refractivity contribution in [1.82, 2.24) is 0 Å². The average molecular weight is 293 g/mol. The summed E-state index contributed by atoms with van der Waals surface area (Å²) < 4.78 is 5.67. The first-order valence-corrected chi connectivity index (χ1v) is 6.28. The van der Waals surface area contributed by atoms with E-state index in [1.807, 2.05) is 37.3 Å². The molecule has 1 N–H and O–H groups in total. The van der Waals surface area contributed by atoms with Crippen LogP contribution in [-0.2, 0) is 0 Å². The second kappa shape index (κ2) is 7.56. The number of halogens is 1. The standard InChI is InChI=1S/C16H16O3.ClH/c1-2-10-19-15-11-13(16(17)18)8-9-14(15)12-6-4-3-5-7-12;/h3-9,11H,2,10H2,1H3,(H,17,18);1H. The second-order valence-electron chi connectivity index (χ2n) is 4.23. The molecule has 0 atom stereocenters. The molecule has 2 rings (SSSR count). The summed E-state index contributed by atoms with van der Waals surface area (Å²) >= 11 is 0. The molecule has 0 saturated carbocycles. The molecule has 0 aromatic heterocycles. The highest BCUT2D eigenvalue weighted by Gasteiger charge is 2.10. The summed E-state index contributed by atoms with van der Waals surface area (Å²) in [6.07, 6.45) is 0.880. The zero-order valence-electron chi connectivity index (χ0n) is 11.2. The molecule has 2 aromatic carbocycles. The van der Waals surface area contributed by atoms with Crippen LogP contribution in [0.4, 0.5) is 0 Å². The molecule has 4 heteroatoms. The number of carboxylic acid groups (broad SMARTS) is 1. The van der Waals surface area contributed by atoms with E-state index in [0.29, 0.717) is 12.4 Å². The van der Waals surface area contributed by atoms with Gasteiger partial charge in [-0.15, -0.1) is 12.4 Å². The zero-order chi connectivity index (χ0) is 13.7. The van der Waals surface area contributed by atoms with Gasteiger partial charge in [0.05, 0.1) is 12.2 Å². The van der Waals surface area contributed by atoms with Crippen LogP contribution >= 0.6 is 12.4 Å². The number of rotatable bonds is 5. The van der Waals surface area contributed by atoms with Crippen LogP contribution in [0.15, 0.2) is 48.5 Å². The fraction of sp³-hybridized carbons (Fsp3) is 0.188. The topological polar surface area (TPSA) is 46.5 Å². The van der Waals surface area contributed by atoms with E-state index in [0.717, 1.165) is 17.5 Å². The molecule has 0 heterocycles. The van der Waals surface area contributed by atoms with Gasteiger partial charge in [0.1, 0.15) is 5.75 Å². The summed E-state index contributed by atoms with van der Waals surface area (Å²) in [4.78, 5) is 11.0. The SMILES string of the molecule is CCCOc1cc(C(=O)O)ccc1-c1ccccc1.Cl. The van der Waals surface area contributed by atoms with Crippen LogP contribution in [-0.4, -0.2) is 17.7 Å². The molecule has 3 nitrogen and oxygen atoms in total. The number of carbonyl (C=O) groups is 1. The van der Waals surface area contributed by atoms with Crippen molar-refractivity contribution < 1.29 is 14.6 Å². The van der Waals surface area contributed by atoms with Gasteiger partial charge in [-0.25, -0.2) is 4.79 Å². The molecule has 0 bridgehead atoms. The molecule has 0 spiro atoms. The monoisotopic (exact) mass is 292 g/mol. The summed E-state index contributed by atoms with van der Waals surface area (Å²) in [5, 5.41) is 9.04. The third kappa shape index (κ3) is 3.75. The lowest BCUT2D eigenvalue weighted by atomic mass is 10.0. The fourth-order valence-electron chi connectivity index (χ4n) is 1.84. The van der Waals surface area contributed by atoms with E-state index >= 15 is 0 Å². The van der Waals surface area contributed by atoms with E-state index in [-0.39, 0.29) is 18.0 Å². The van der Waals surface area contributed by atoms with Gasteiger partial charge in [-0.1, -0.05) is 37.3 Å². The van der Waals surface area contributed by atoms with Crippen molar-refractivity contribution in [2.45, 2.75) is 13.3 Å². The first-order chi connectivity index (χ1) is 9.22. The van der Waals surface area contributed by atoms with Gasteiger partial charge in [0, 0.05) is 5.56 Å². The van der Waals surface area contributed by atoms with Gasteiger partial charge in [-0.3, -0.25) is 0 Å². The first kappa shape index (κ1) is 16.1. The van der Waals surface area contributed by atoms with Gasteiger partial charge < -0.3 is 9.84 Å². The summed E-state index contributed by atoms with van der Waals surface area (Å²) in [6, 6.07) is 14.8. The molecular formula is C16H17ClO3. The fourth-order valence-corrected chi connectivity index (χ4v) is 1.84. The minimum atomic E-state index is -0.944. The molecule has 0 aliphatic rings. The number of benzene rings is 2. The van der Waals surface area contributed by atoms with Crippen LogP contribution in [0.25, 0.3) is 11.1 Å². The lowest BCUT2D eigenvalue weighted by Crippen LogP contribution is -2.01. The van der Waals surface area contributed by atoms with Crippen molar-refractivity contribution in [3.05, 3.63) is 54.1 Å². The summed E-state index contributed by atoms with van der Waals surface area (Å²) in [6.45, 7) is 2.59. The molecule has 0 saturated heterocycles. The minimum Gasteiger partial charge on any atom is -0.493 e. The van der Waals surface area contributed by atoms with E-state index in [9.17, 15) is 4.79 Å². The molecule has 0 unspecified atom stereocenters. The van der Waals surface area contributed by atoms with Gasteiger partial charge >= 0.3 is 5.97 Å². The number of aromatic carboxylic acids is 1. The Morgan fingerprint density at radius 2 is 1.85 bits per heavy atom. The van der Waals surface area contributed by atoms with Crippen molar-refractivity contribution in [3.63, 3.8) is 0 Å². The van der Waals surface area contributed by atoms with Crippen LogP contribution in [0.3, 0.4) is 0 Å². The first-order valence-electron chi connectivity index (χ1n) is 6.28.